The summed E-state index contributed by atoms with van der Waals surface area (Å²) in [5.41, 5.74) is 2.03. The molecular formula is C19H15N5O3. The number of fused-ring (bicyclic) bond motifs is 1. The number of methoxy groups -OCH3 is 1. The van der Waals surface area contributed by atoms with Gasteiger partial charge in [0.05, 0.1) is 12.5 Å². The summed E-state index contributed by atoms with van der Waals surface area (Å²) in [6, 6.07) is 14.8. The minimum atomic E-state index is -0.801. The molecule has 0 bridgehead atoms. The van der Waals surface area contributed by atoms with E-state index in [9.17, 15) is 10.0 Å². The summed E-state index contributed by atoms with van der Waals surface area (Å²) in [6.45, 7) is 0. The van der Waals surface area contributed by atoms with Gasteiger partial charge in [0, 0.05) is 29.7 Å². The third kappa shape index (κ3) is 3.15. The highest BCUT2D eigenvalue weighted by molar-refractivity contribution is 5.88. The van der Waals surface area contributed by atoms with Gasteiger partial charge >= 0.3 is 5.69 Å². The van der Waals surface area contributed by atoms with Gasteiger partial charge in [0.1, 0.15) is 5.82 Å². The maximum atomic E-state index is 11.8. The Bertz CT molecular complexity index is 1150. The second-order valence-electron chi connectivity index (χ2n) is 5.72. The van der Waals surface area contributed by atoms with E-state index >= 15 is 0 Å². The molecule has 0 amide bonds. The van der Waals surface area contributed by atoms with Crippen molar-refractivity contribution < 1.29 is 9.94 Å². The largest absolute Gasteiger partial charge is 0.481 e. The van der Waals surface area contributed by atoms with Crippen LogP contribution in [0.2, 0.25) is 0 Å². The van der Waals surface area contributed by atoms with Crippen LogP contribution in [0.15, 0.2) is 65.7 Å². The van der Waals surface area contributed by atoms with Crippen LogP contribution >= 0.6 is 0 Å². The standard InChI is InChI=1S/C19H15N5O3/c1-27-16-9-6-13(11-21-16)12-4-7-14(8-5-12)22-17-15-3-2-10-20-18(15)24(26)19(25)23-17/h2-11,26H,1H3,(H,22,23,25). The maximum absolute atomic E-state index is 11.8. The van der Waals surface area contributed by atoms with Crippen LogP contribution in [0.4, 0.5) is 11.5 Å². The van der Waals surface area contributed by atoms with Crippen molar-refractivity contribution >= 4 is 22.5 Å². The van der Waals surface area contributed by atoms with Crippen LogP contribution < -0.4 is 15.7 Å². The third-order valence-corrected chi connectivity index (χ3v) is 4.06. The van der Waals surface area contributed by atoms with E-state index in [0.29, 0.717) is 21.8 Å². The summed E-state index contributed by atoms with van der Waals surface area (Å²) in [5.74, 6) is 0.884. The molecule has 0 aliphatic heterocycles. The Morgan fingerprint density at radius 2 is 1.81 bits per heavy atom. The van der Waals surface area contributed by atoms with Crippen LogP contribution in [0, 0.1) is 0 Å². The van der Waals surface area contributed by atoms with E-state index in [2.05, 4.69) is 20.3 Å². The molecule has 0 fully saturated rings. The number of pyridine rings is 2. The minimum Gasteiger partial charge on any atom is -0.481 e. The molecule has 2 N–H and O–H groups in total. The van der Waals surface area contributed by atoms with E-state index in [4.69, 9.17) is 4.74 Å². The molecule has 27 heavy (non-hydrogen) atoms. The van der Waals surface area contributed by atoms with Crippen molar-refractivity contribution in [1.82, 2.24) is 19.7 Å². The van der Waals surface area contributed by atoms with Crippen LogP contribution in [-0.4, -0.2) is 32.0 Å². The number of anilines is 2. The highest BCUT2D eigenvalue weighted by atomic mass is 16.5. The number of nitrogens with one attached hydrogen (secondary N) is 1. The molecule has 0 aliphatic carbocycles. The normalized spacial score (nSPS) is 10.7. The van der Waals surface area contributed by atoms with Crippen molar-refractivity contribution in [2.45, 2.75) is 0 Å². The average molecular weight is 361 g/mol. The number of aromatic nitrogens is 4. The van der Waals surface area contributed by atoms with Crippen LogP contribution in [0.1, 0.15) is 0 Å². The third-order valence-electron chi connectivity index (χ3n) is 4.06. The lowest BCUT2D eigenvalue weighted by atomic mass is 10.1. The molecule has 4 aromatic rings. The van der Waals surface area contributed by atoms with E-state index in [0.717, 1.165) is 16.8 Å². The van der Waals surface area contributed by atoms with Gasteiger partial charge in [-0.05, 0) is 35.9 Å². The lowest BCUT2D eigenvalue weighted by Gasteiger charge is -2.10. The molecule has 0 saturated carbocycles. The van der Waals surface area contributed by atoms with Crippen molar-refractivity contribution in [2.24, 2.45) is 0 Å². The van der Waals surface area contributed by atoms with Crippen molar-refractivity contribution in [3.05, 3.63) is 71.4 Å². The van der Waals surface area contributed by atoms with Crippen molar-refractivity contribution in [1.29, 1.82) is 0 Å². The average Bonchev–Trinajstić information content (AvgIpc) is 2.72. The molecule has 0 atom stereocenters. The topological polar surface area (TPSA) is 102 Å². The smallest absolute Gasteiger partial charge is 0.384 e. The Labute approximate surface area is 153 Å². The van der Waals surface area contributed by atoms with Gasteiger partial charge in [0.15, 0.2) is 5.65 Å². The summed E-state index contributed by atoms with van der Waals surface area (Å²) in [6.07, 6.45) is 3.23. The molecule has 4 rings (SSSR count). The van der Waals surface area contributed by atoms with E-state index in [-0.39, 0.29) is 5.65 Å². The second-order valence-corrected chi connectivity index (χ2v) is 5.72. The molecule has 134 valence electrons. The summed E-state index contributed by atoms with van der Waals surface area (Å²) in [4.78, 5) is 23.9. The van der Waals surface area contributed by atoms with E-state index < -0.39 is 5.69 Å². The molecule has 0 radical (unpaired) electrons. The molecule has 1 aromatic carbocycles. The summed E-state index contributed by atoms with van der Waals surface area (Å²) in [5, 5.41) is 13.4. The number of ether oxygens (including phenoxy) is 1. The fourth-order valence-corrected chi connectivity index (χ4v) is 2.69. The lowest BCUT2D eigenvalue weighted by molar-refractivity contribution is 0.182. The first kappa shape index (κ1) is 16.5. The molecule has 0 saturated heterocycles. The first-order valence-corrected chi connectivity index (χ1v) is 8.10. The number of nitrogens with zero attached hydrogens (tertiary/aromatic N) is 4. The fourth-order valence-electron chi connectivity index (χ4n) is 2.69. The SMILES string of the molecule is COc1ccc(-c2ccc(Nc3nc(=O)n(O)c4ncccc34)cc2)cn1. The summed E-state index contributed by atoms with van der Waals surface area (Å²) in [7, 11) is 1.57. The predicted octanol–water partition coefficient (Wildman–Crippen LogP) is 2.84. The Kier molecular flexibility index (Phi) is 4.13. The Hall–Kier alpha value is -3.94. The molecule has 8 nitrogen and oxygen atoms in total. The van der Waals surface area contributed by atoms with Gasteiger partial charge in [0.2, 0.25) is 5.88 Å². The molecule has 3 aromatic heterocycles. The zero-order valence-corrected chi connectivity index (χ0v) is 14.3. The van der Waals surface area contributed by atoms with Crippen molar-refractivity contribution in [3.8, 4) is 17.0 Å². The summed E-state index contributed by atoms with van der Waals surface area (Å²) < 4.78 is 5.50. The van der Waals surface area contributed by atoms with Gasteiger partial charge < -0.3 is 15.3 Å². The Morgan fingerprint density at radius 3 is 2.52 bits per heavy atom. The van der Waals surface area contributed by atoms with Crippen molar-refractivity contribution in [2.75, 3.05) is 12.4 Å². The lowest BCUT2D eigenvalue weighted by Crippen LogP contribution is -2.23. The first-order valence-electron chi connectivity index (χ1n) is 8.10. The zero-order chi connectivity index (χ0) is 18.8. The highest BCUT2D eigenvalue weighted by Gasteiger charge is 2.11. The van der Waals surface area contributed by atoms with Crippen molar-refractivity contribution in [3.63, 3.8) is 0 Å². The van der Waals surface area contributed by atoms with Gasteiger partial charge in [-0.15, -0.1) is 4.73 Å². The molecule has 0 spiro atoms. The second kappa shape index (κ2) is 6.75. The van der Waals surface area contributed by atoms with Gasteiger partial charge in [0.25, 0.3) is 0 Å². The number of hydrogen-bond acceptors (Lipinski definition) is 7. The van der Waals surface area contributed by atoms with Crippen LogP contribution in [-0.2, 0) is 0 Å². The predicted molar refractivity (Wildman–Crippen MR) is 100 cm³/mol. The first-order chi connectivity index (χ1) is 13.2. The summed E-state index contributed by atoms with van der Waals surface area (Å²) >= 11 is 0. The van der Waals surface area contributed by atoms with Crippen LogP contribution in [0.5, 0.6) is 5.88 Å². The molecular weight excluding hydrogens is 346 g/mol. The van der Waals surface area contributed by atoms with Gasteiger partial charge in [-0.1, -0.05) is 12.1 Å². The van der Waals surface area contributed by atoms with E-state index in [1.807, 2.05) is 30.3 Å². The number of rotatable bonds is 4. The molecule has 3 heterocycles. The Morgan fingerprint density at radius 1 is 1.04 bits per heavy atom. The highest BCUT2D eigenvalue weighted by Crippen LogP contribution is 2.25. The maximum Gasteiger partial charge on any atom is 0.384 e. The number of hydrogen-bond donors (Lipinski definition) is 2. The Balaban J connectivity index is 1.65. The van der Waals surface area contributed by atoms with Crippen LogP contribution in [0.25, 0.3) is 22.2 Å². The molecule has 0 aliphatic rings. The van der Waals surface area contributed by atoms with Gasteiger partial charge in [-0.3, -0.25) is 0 Å². The molecule has 8 heteroatoms. The van der Waals surface area contributed by atoms with E-state index in [1.54, 1.807) is 31.5 Å². The van der Waals surface area contributed by atoms with Crippen LogP contribution in [0.3, 0.4) is 0 Å². The number of benzene rings is 1. The fraction of sp³-hybridized carbons (Fsp3) is 0.0526. The van der Waals surface area contributed by atoms with Gasteiger partial charge in [-0.2, -0.15) is 4.98 Å². The van der Waals surface area contributed by atoms with E-state index in [1.165, 1.54) is 6.20 Å². The minimum absolute atomic E-state index is 0.140. The zero-order valence-electron chi connectivity index (χ0n) is 14.3. The monoisotopic (exact) mass is 361 g/mol. The molecule has 0 unspecified atom stereocenters. The van der Waals surface area contributed by atoms with Gasteiger partial charge in [-0.25, -0.2) is 14.8 Å². The quantitative estimate of drug-likeness (QED) is 0.539.